The Bertz CT molecular complexity index is 439. The molecule has 7 nitrogen and oxygen atoms in total. The summed E-state index contributed by atoms with van der Waals surface area (Å²) in [6.07, 6.45) is 0.211. The average Bonchev–Trinajstić information content (AvgIpc) is 2.86. The third-order valence-electron chi connectivity index (χ3n) is 3.45. The number of rotatable bonds is 6. The fourth-order valence-electron chi connectivity index (χ4n) is 2.19. The van der Waals surface area contributed by atoms with Crippen molar-refractivity contribution in [3.05, 3.63) is 11.7 Å². The third kappa shape index (κ3) is 4.28. The molecule has 1 aliphatic heterocycles. The first-order valence-corrected chi connectivity index (χ1v) is 7.03. The number of hydrogen-bond donors (Lipinski definition) is 1. The van der Waals surface area contributed by atoms with Gasteiger partial charge < -0.3 is 14.5 Å². The summed E-state index contributed by atoms with van der Waals surface area (Å²) >= 11 is 0. The molecule has 0 saturated carbocycles. The second-order valence-electron chi connectivity index (χ2n) is 5.47. The molecule has 7 heteroatoms. The van der Waals surface area contributed by atoms with Crippen molar-refractivity contribution < 1.29 is 14.4 Å². The van der Waals surface area contributed by atoms with Gasteiger partial charge in [0.05, 0.1) is 13.0 Å². The maximum atomic E-state index is 10.5. The molecule has 0 bridgehead atoms. The number of nitrogens with zero attached hydrogens (tertiary/aromatic N) is 4. The van der Waals surface area contributed by atoms with Crippen LogP contribution in [0.1, 0.15) is 37.9 Å². The second-order valence-corrected chi connectivity index (χ2v) is 5.47. The average molecular weight is 282 g/mol. The Hall–Kier alpha value is -1.47. The van der Waals surface area contributed by atoms with Crippen molar-refractivity contribution in [1.82, 2.24) is 19.9 Å². The van der Waals surface area contributed by atoms with E-state index in [1.54, 1.807) is 0 Å². The van der Waals surface area contributed by atoms with Crippen LogP contribution in [-0.2, 0) is 11.3 Å². The van der Waals surface area contributed by atoms with E-state index in [4.69, 9.17) is 9.63 Å². The molecule has 0 radical (unpaired) electrons. The highest BCUT2D eigenvalue weighted by Gasteiger charge is 2.19. The van der Waals surface area contributed by atoms with Crippen LogP contribution in [0.15, 0.2) is 4.52 Å². The normalized spacial score (nSPS) is 17.8. The molecule has 0 amide bonds. The van der Waals surface area contributed by atoms with Crippen LogP contribution in [0.4, 0.5) is 0 Å². The molecule has 1 aromatic rings. The predicted octanol–water partition coefficient (Wildman–Crippen LogP) is 0.785. The number of carboxylic acids is 1. The molecule has 0 atom stereocenters. The van der Waals surface area contributed by atoms with Crippen molar-refractivity contribution in [3.8, 4) is 0 Å². The summed E-state index contributed by atoms with van der Waals surface area (Å²) in [6.45, 7) is 8.98. The van der Waals surface area contributed by atoms with E-state index in [0.29, 0.717) is 19.0 Å². The summed E-state index contributed by atoms with van der Waals surface area (Å²) in [5.74, 6) is 0.928. The van der Waals surface area contributed by atoms with Gasteiger partial charge in [-0.05, 0) is 0 Å². The van der Waals surface area contributed by atoms with E-state index in [2.05, 4.69) is 19.9 Å². The largest absolute Gasteiger partial charge is 0.481 e. The summed E-state index contributed by atoms with van der Waals surface area (Å²) in [5, 5.41) is 12.7. The van der Waals surface area contributed by atoms with Gasteiger partial charge >= 0.3 is 5.97 Å². The van der Waals surface area contributed by atoms with Gasteiger partial charge in [0.1, 0.15) is 0 Å². The number of aliphatic carboxylic acids is 1. The Kier molecular flexibility index (Phi) is 5.08. The van der Waals surface area contributed by atoms with E-state index in [-0.39, 0.29) is 12.3 Å². The van der Waals surface area contributed by atoms with Gasteiger partial charge in [-0.15, -0.1) is 0 Å². The van der Waals surface area contributed by atoms with Crippen LogP contribution in [0.2, 0.25) is 0 Å². The Morgan fingerprint density at radius 3 is 2.50 bits per heavy atom. The van der Waals surface area contributed by atoms with E-state index in [1.165, 1.54) is 0 Å². The first-order valence-electron chi connectivity index (χ1n) is 7.03. The van der Waals surface area contributed by atoms with E-state index < -0.39 is 5.97 Å². The highest BCUT2D eigenvalue weighted by Crippen LogP contribution is 2.12. The van der Waals surface area contributed by atoms with Crippen LogP contribution in [0, 0.1) is 0 Å². The lowest BCUT2D eigenvalue weighted by Gasteiger charge is -2.33. The van der Waals surface area contributed by atoms with Gasteiger partial charge in [0, 0.05) is 38.6 Å². The molecule has 2 rings (SSSR count). The van der Waals surface area contributed by atoms with Gasteiger partial charge in [0.15, 0.2) is 5.82 Å². The van der Waals surface area contributed by atoms with Crippen LogP contribution in [0.3, 0.4) is 0 Å². The Balaban J connectivity index is 1.74. The van der Waals surface area contributed by atoms with Gasteiger partial charge in [0.25, 0.3) is 0 Å². The smallest absolute Gasteiger partial charge is 0.304 e. The zero-order valence-electron chi connectivity index (χ0n) is 12.1. The number of aromatic nitrogens is 2. The van der Waals surface area contributed by atoms with Gasteiger partial charge in [-0.3, -0.25) is 9.69 Å². The van der Waals surface area contributed by atoms with E-state index in [1.807, 2.05) is 13.8 Å². The van der Waals surface area contributed by atoms with Crippen LogP contribution >= 0.6 is 0 Å². The Morgan fingerprint density at radius 2 is 1.95 bits per heavy atom. The zero-order chi connectivity index (χ0) is 14.5. The highest BCUT2D eigenvalue weighted by atomic mass is 16.5. The van der Waals surface area contributed by atoms with Crippen molar-refractivity contribution >= 4 is 5.97 Å². The molecule has 0 aromatic carbocycles. The predicted molar refractivity (Wildman–Crippen MR) is 72.4 cm³/mol. The third-order valence-corrected chi connectivity index (χ3v) is 3.45. The monoisotopic (exact) mass is 282 g/mol. The lowest BCUT2D eigenvalue weighted by molar-refractivity contribution is -0.137. The molecule has 0 aliphatic carbocycles. The molecule has 1 saturated heterocycles. The zero-order valence-corrected chi connectivity index (χ0v) is 12.1. The SMILES string of the molecule is CC(C)c1nc(CN2CCN(CCC(=O)O)CC2)no1. The first kappa shape index (κ1) is 14.9. The summed E-state index contributed by atoms with van der Waals surface area (Å²) in [5.41, 5.74) is 0. The molecule has 112 valence electrons. The molecule has 1 aromatic heterocycles. The second kappa shape index (κ2) is 6.81. The van der Waals surface area contributed by atoms with E-state index >= 15 is 0 Å². The summed E-state index contributed by atoms with van der Waals surface area (Å²) in [4.78, 5) is 19.4. The molecule has 1 fully saturated rings. The van der Waals surface area contributed by atoms with Gasteiger partial charge in [-0.25, -0.2) is 0 Å². The standard InChI is InChI=1S/C13H22N4O3/c1-10(2)13-14-11(15-20-13)9-17-7-5-16(6-8-17)4-3-12(18)19/h10H,3-9H2,1-2H3,(H,18,19). The number of carboxylic acid groups (broad SMARTS) is 1. The maximum absolute atomic E-state index is 10.5. The fourth-order valence-corrected chi connectivity index (χ4v) is 2.19. The van der Waals surface area contributed by atoms with Crippen LogP contribution in [0.5, 0.6) is 0 Å². The quantitative estimate of drug-likeness (QED) is 0.825. The first-order chi connectivity index (χ1) is 9.54. The summed E-state index contributed by atoms with van der Waals surface area (Å²) in [6, 6.07) is 0. The Labute approximate surface area is 118 Å². The lowest BCUT2D eigenvalue weighted by atomic mass is 10.2. The minimum atomic E-state index is -0.736. The minimum Gasteiger partial charge on any atom is -0.481 e. The van der Waals surface area contributed by atoms with Crippen LogP contribution in [-0.4, -0.2) is 63.7 Å². The maximum Gasteiger partial charge on any atom is 0.304 e. The highest BCUT2D eigenvalue weighted by molar-refractivity contribution is 5.66. The molecular weight excluding hydrogens is 260 g/mol. The molecule has 0 unspecified atom stereocenters. The fraction of sp³-hybridized carbons (Fsp3) is 0.769. The molecule has 0 spiro atoms. The topological polar surface area (TPSA) is 82.7 Å². The van der Waals surface area contributed by atoms with Gasteiger partial charge in [0.2, 0.25) is 5.89 Å². The number of carbonyl (C=O) groups is 1. The minimum absolute atomic E-state index is 0.211. The van der Waals surface area contributed by atoms with Crippen molar-refractivity contribution in [2.75, 3.05) is 32.7 Å². The van der Waals surface area contributed by atoms with Crippen molar-refractivity contribution in [2.45, 2.75) is 32.7 Å². The molecule has 2 heterocycles. The Morgan fingerprint density at radius 1 is 1.30 bits per heavy atom. The molecule has 20 heavy (non-hydrogen) atoms. The molecule has 1 N–H and O–H groups in total. The van der Waals surface area contributed by atoms with Crippen molar-refractivity contribution in [2.24, 2.45) is 0 Å². The van der Waals surface area contributed by atoms with Gasteiger partial charge in [-0.2, -0.15) is 4.98 Å². The van der Waals surface area contributed by atoms with Gasteiger partial charge in [-0.1, -0.05) is 19.0 Å². The molecular formula is C13H22N4O3. The summed E-state index contributed by atoms with van der Waals surface area (Å²) in [7, 11) is 0. The number of hydrogen-bond acceptors (Lipinski definition) is 6. The van der Waals surface area contributed by atoms with Crippen molar-refractivity contribution in [3.63, 3.8) is 0 Å². The van der Waals surface area contributed by atoms with Crippen LogP contribution in [0.25, 0.3) is 0 Å². The van der Waals surface area contributed by atoms with Crippen LogP contribution < -0.4 is 0 Å². The van der Waals surface area contributed by atoms with E-state index in [0.717, 1.165) is 32.0 Å². The number of piperazine rings is 1. The van der Waals surface area contributed by atoms with E-state index in [9.17, 15) is 4.79 Å². The summed E-state index contributed by atoms with van der Waals surface area (Å²) < 4.78 is 5.19. The molecule has 1 aliphatic rings. The van der Waals surface area contributed by atoms with Crippen molar-refractivity contribution in [1.29, 1.82) is 0 Å². The lowest BCUT2D eigenvalue weighted by Crippen LogP contribution is -2.46.